The van der Waals surface area contributed by atoms with E-state index in [2.05, 4.69) is 24.4 Å². The molecule has 0 radical (unpaired) electrons. The minimum Gasteiger partial charge on any atom is -0.459 e. The monoisotopic (exact) mass is 247 g/mol. The molecular weight excluding hydrogens is 226 g/mol. The van der Waals surface area contributed by atoms with Crippen LogP contribution in [0.3, 0.4) is 0 Å². The highest BCUT2D eigenvalue weighted by Gasteiger charge is 2.10. The van der Waals surface area contributed by atoms with Gasteiger partial charge in [0.2, 0.25) is 0 Å². The molecule has 3 heteroatoms. The lowest BCUT2D eigenvalue weighted by Crippen LogP contribution is -2.19. The number of hydrogen-bond donors (Lipinski definition) is 2. The number of benzene rings is 1. The van der Waals surface area contributed by atoms with E-state index < -0.39 is 0 Å². The lowest BCUT2D eigenvalue weighted by atomic mass is 10.2. The zero-order valence-electron chi connectivity index (χ0n) is 10.9. The second-order valence-electron chi connectivity index (χ2n) is 4.65. The highest BCUT2D eigenvalue weighted by Crippen LogP contribution is 2.23. The molecule has 0 amide bonds. The van der Waals surface area contributed by atoms with Gasteiger partial charge in [0.1, 0.15) is 11.3 Å². The van der Waals surface area contributed by atoms with E-state index in [4.69, 9.17) is 9.52 Å². The van der Waals surface area contributed by atoms with E-state index in [-0.39, 0.29) is 6.04 Å². The fourth-order valence-electron chi connectivity index (χ4n) is 2.05. The van der Waals surface area contributed by atoms with Crippen molar-refractivity contribution in [3.63, 3.8) is 0 Å². The number of hydrogen-bond acceptors (Lipinski definition) is 3. The molecule has 2 rings (SSSR count). The Kier molecular flexibility index (Phi) is 4.79. The molecule has 0 aliphatic rings. The van der Waals surface area contributed by atoms with Gasteiger partial charge in [0.05, 0.1) is 6.04 Å². The number of furan rings is 1. The molecule has 1 atom stereocenters. The SMILES string of the molecule is CC(NCCCCCO)c1cc2ccccc2o1. The molecule has 0 bridgehead atoms. The highest BCUT2D eigenvalue weighted by molar-refractivity contribution is 5.77. The maximum atomic E-state index is 8.70. The van der Waals surface area contributed by atoms with E-state index in [0.29, 0.717) is 6.61 Å². The summed E-state index contributed by atoms with van der Waals surface area (Å²) in [6.45, 7) is 3.36. The maximum absolute atomic E-state index is 8.70. The molecule has 98 valence electrons. The molecule has 0 aliphatic carbocycles. The molecule has 1 aromatic carbocycles. The Morgan fingerprint density at radius 1 is 1.22 bits per heavy atom. The molecule has 0 aliphatic heterocycles. The van der Waals surface area contributed by atoms with Crippen molar-refractivity contribution < 1.29 is 9.52 Å². The quantitative estimate of drug-likeness (QED) is 0.738. The Balaban J connectivity index is 1.86. The van der Waals surface area contributed by atoms with E-state index in [1.807, 2.05) is 18.2 Å². The molecule has 1 aromatic heterocycles. The summed E-state index contributed by atoms with van der Waals surface area (Å²) in [5.74, 6) is 0.985. The molecule has 18 heavy (non-hydrogen) atoms. The number of rotatable bonds is 7. The van der Waals surface area contributed by atoms with Gasteiger partial charge in [-0.25, -0.2) is 0 Å². The van der Waals surface area contributed by atoms with Crippen LogP contribution >= 0.6 is 0 Å². The molecule has 2 N–H and O–H groups in total. The lowest BCUT2D eigenvalue weighted by Gasteiger charge is -2.10. The second-order valence-corrected chi connectivity index (χ2v) is 4.65. The Labute approximate surface area is 108 Å². The first-order chi connectivity index (χ1) is 8.81. The number of aliphatic hydroxyl groups excluding tert-OH is 1. The zero-order valence-corrected chi connectivity index (χ0v) is 10.9. The largest absolute Gasteiger partial charge is 0.459 e. The van der Waals surface area contributed by atoms with Gasteiger partial charge in [0, 0.05) is 12.0 Å². The third kappa shape index (κ3) is 3.34. The molecule has 0 spiro atoms. The van der Waals surface area contributed by atoms with Crippen LogP contribution in [0.1, 0.15) is 38.0 Å². The van der Waals surface area contributed by atoms with Crippen molar-refractivity contribution in [1.29, 1.82) is 0 Å². The maximum Gasteiger partial charge on any atom is 0.134 e. The summed E-state index contributed by atoms with van der Waals surface area (Å²) in [5, 5.41) is 13.3. The molecule has 0 fully saturated rings. The Morgan fingerprint density at radius 3 is 2.83 bits per heavy atom. The van der Waals surface area contributed by atoms with Gasteiger partial charge < -0.3 is 14.8 Å². The molecule has 0 saturated heterocycles. The van der Waals surface area contributed by atoms with Crippen LogP contribution in [0.4, 0.5) is 0 Å². The normalized spacial score (nSPS) is 13.0. The van der Waals surface area contributed by atoms with Crippen molar-refractivity contribution in [1.82, 2.24) is 5.32 Å². The second kappa shape index (κ2) is 6.57. The Bertz CT molecular complexity index is 445. The van der Waals surface area contributed by atoms with Crippen molar-refractivity contribution in [2.75, 3.05) is 13.2 Å². The van der Waals surface area contributed by atoms with Gasteiger partial charge in [0.25, 0.3) is 0 Å². The summed E-state index contributed by atoms with van der Waals surface area (Å²) in [6, 6.07) is 10.4. The number of aliphatic hydroxyl groups is 1. The van der Waals surface area contributed by atoms with E-state index in [0.717, 1.165) is 42.5 Å². The third-order valence-electron chi connectivity index (χ3n) is 3.16. The standard InChI is InChI=1S/C15H21NO2/c1-12(16-9-5-2-6-10-17)15-11-13-7-3-4-8-14(13)18-15/h3-4,7-8,11-12,16-17H,2,5-6,9-10H2,1H3. The molecule has 3 nitrogen and oxygen atoms in total. The van der Waals surface area contributed by atoms with Gasteiger partial charge in [0.15, 0.2) is 0 Å². The Morgan fingerprint density at radius 2 is 2.06 bits per heavy atom. The highest BCUT2D eigenvalue weighted by atomic mass is 16.3. The van der Waals surface area contributed by atoms with Crippen LogP contribution in [0.2, 0.25) is 0 Å². The number of unbranched alkanes of at least 4 members (excludes halogenated alkanes) is 2. The smallest absolute Gasteiger partial charge is 0.134 e. The first kappa shape index (κ1) is 13.1. The van der Waals surface area contributed by atoms with Crippen LogP contribution < -0.4 is 5.32 Å². The average molecular weight is 247 g/mol. The number of fused-ring (bicyclic) bond motifs is 1. The summed E-state index contributed by atoms with van der Waals surface area (Å²) < 4.78 is 5.81. The van der Waals surface area contributed by atoms with Crippen molar-refractivity contribution in [2.45, 2.75) is 32.2 Å². The first-order valence-corrected chi connectivity index (χ1v) is 6.64. The molecule has 0 saturated carbocycles. The number of nitrogens with one attached hydrogen (secondary N) is 1. The third-order valence-corrected chi connectivity index (χ3v) is 3.16. The van der Waals surface area contributed by atoms with Gasteiger partial charge in [-0.1, -0.05) is 18.2 Å². The summed E-state index contributed by atoms with van der Waals surface area (Å²) in [6.07, 6.45) is 3.04. The van der Waals surface area contributed by atoms with Crippen molar-refractivity contribution in [2.24, 2.45) is 0 Å². The topological polar surface area (TPSA) is 45.4 Å². The van der Waals surface area contributed by atoms with Crippen molar-refractivity contribution in [3.8, 4) is 0 Å². The minimum atomic E-state index is 0.228. The summed E-state index contributed by atoms with van der Waals surface area (Å²) in [7, 11) is 0. The lowest BCUT2D eigenvalue weighted by molar-refractivity contribution is 0.282. The van der Waals surface area contributed by atoms with Crippen LogP contribution in [0.25, 0.3) is 11.0 Å². The first-order valence-electron chi connectivity index (χ1n) is 6.64. The van der Waals surface area contributed by atoms with Gasteiger partial charge in [-0.3, -0.25) is 0 Å². The predicted molar refractivity (Wildman–Crippen MR) is 73.6 cm³/mol. The van der Waals surface area contributed by atoms with Gasteiger partial charge in [-0.15, -0.1) is 0 Å². The zero-order chi connectivity index (χ0) is 12.8. The fourth-order valence-corrected chi connectivity index (χ4v) is 2.05. The fraction of sp³-hybridized carbons (Fsp3) is 0.467. The van der Waals surface area contributed by atoms with Crippen LogP contribution in [-0.4, -0.2) is 18.3 Å². The van der Waals surface area contributed by atoms with E-state index in [1.54, 1.807) is 0 Å². The number of para-hydroxylation sites is 1. The predicted octanol–water partition coefficient (Wildman–Crippen LogP) is 3.25. The summed E-state index contributed by atoms with van der Waals surface area (Å²) >= 11 is 0. The van der Waals surface area contributed by atoms with E-state index >= 15 is 0 Å². The molecule has 1 heterocycles. The van der Waals surface area contributed by atoms with E-state index in [1.165, 1.54) is 0 Å². The summed E-state index contributed by atoms with van der Waals surface area (Å²) in [4.78, 5) is 0. The Hall–Kier alpha value is -1.32. The van der Waals surface area contributed by atoms with Gasteiger partial charge >= 0.3 is 0 Å². The van der Waals surface area contributed by atoms with Crippen molar-refractivity contribution in [3.05, 3.63) is 36.1 Å². The van der Waals surface area contributed by atoms with Gasteiger partial charge in [-0.2, -0.15) is 0 Å². The van der Waals surface area contributed by atoms with Crippen molar-refractivity contribution >= 4 is 11.0 Å². The van der Waals surface area contributed by atoms with Crippen LogP contribution in [0.5, 0.6) is 0 Å². The van der Waals surface area contributed by atoms with Gasteiger partial charge in [-0.05, 0) is 44.9 Å². The van der Waals surface area contributed by atoms with Crippen LogP contribution in [-0.2, 0) is 0 Å². The van der Waals surface area contributed by atoms with Crippen LogP contribution in [0, 0.1) is 0 Å². The molecule has 2 aromatic rings. The minimum absolute atomic E-state index is 0.228. The average Bonchev–Trinajstić information content (AvgIpc) is 2.82. The van der Waals surface area contributed by atoms with E-state index in [9.17, 15) is 0 Å². The molecule has 1 unspecified atom stereocenters. The summed E-state index contributed by atoms with van der Waals surface area (Å²) in [5.41, 5.74) is 0.946. The molecular formula is C15H21NO2. The van der Waals surface area contributed by atoms with Crippen LogP contribution in [0.15, 0.2) is 34.7 Å².